The van der Waals surface area contributed by atoms with Crippen LogP contribution in [0, 0.1) is 0 Å². The molecule has 0 rings (SSSR count). The Balaban J connectivity index is 3.71. The molecule has 0 aromatic carbocycles. The van der Waals surface area contributed by atoms with Gasteiger partial charge in [0.2, 0.25) is 5.91 Å². The number of amides is 1. The Hall–Kier alpha value is -1.21. The number of hydrogen-bond acceptors (Lipinski definition) is 5. The van der Waals surface area contributed by atoms with Crippen molar-refractivity contribution in [3.05, 3.63) is 24.3 Å². The van der Waals surface area contributed by atoms with Gasteiger partial charge in [-0.1, -0.05) is 154 Å². The largest absolute Gasteiger partial charge is 0.394 e. The highest BCUT2D eigenvalue weighted by molar-refractivity contribution is 5.80. The van der Waals surface area contributed by atoms with Crippen LogP contribution in [-0.4, -0.2) is 57.3 Å². The normalized spacial score (nSPS) is 14.7. The molecular formula is C39H75NO5. The van der Waals surface area contributed by atoms with Gasteiger partial charge in [0.05, 0.1) is 18.8 Å². The molecule has 0 bridgehead atoms. The lowest BCUT2D eigenvalue weighted by Gasteiger charge is -2.27. The summed E-state index contributed by atoms with van der Waals surface area (Å²) in [6.45, 7) is 3.94. The number of aliphatic hydroxyl groups excluding tert-OH is 4. The van der Waals surface area contributed by atoms with Crippen molar-refractivity contribution in [1.82, 2.24) is 5.32 Å². The molecule has 0 aliphatic carbocycles. The minimum Gasteiger partial charge on any atom is -0.394 e. The third-order valence-electron chi connectivity index (χ3n) is 8.88. The van der Waals surface area contributed by atoms with Crippen LogP contribution in [-0.2, 0) is 4.79 Å². The topological polar surface area (TPSA) is 110 Å². The molecule has 0 saturated heterocycles. The van der Waals surface area contributed by atoms with Gasteiger partial charge < -0.3 is 25.7 Å². The van der Waals surface area contributed by atoms with Crippen LogP contribution in [0.5, 0.6) is 0 Å². The number of hydrogen-bond donors (Lipinski definition) is 5. The first-order chi connectivity index (χ1) is 22.0. The van der Waals surface area contributed by atoms with E-state index in [1.54, 1.807) is 0 Å². The van der Waals surface area contributed by atoms with E-state index in [4.69, 9.17) is 0 Å². The van der Waals surface area contributed by atoms with Crippen molar-refractivity contribution < 1.29 is 25.2 Å². The fourth-order valence-electron chi connectivity index (χ4n) is 5.74. The SMILES string of the molecule is CCCC/C=C/CCCC(O)C(O)C(CO)NC(=O)C(O)CCCCCCCC/C=C\CCCCCCCCCCCCCC. The van der Waals surface area contributed by atoms with Crippen molar-refractivity contribution in [3.63, 3.8) is 0 Å². The quantitative estimate of drug-likeness (QED) is 0.0357. The summed E-state index contributed by atoms with van der Waals surface area (Å²) in [6, 6.07) is -0.999. The summed E-state index contributed by atoms with van der Waals surface area (Å²) in [4.78, 5) is 12.4. The highest BCUT2D eigenvalue weighted by Crippen LogP contribution is 2.14. The molecule has 0 aromatic heterocycles. The van der Waals surface area contributed by atoms with Crippen molar-refractivity contribution in [2.45, 2.75) is 212 Å². The molecule has 1 amide bonds. The molecule has 0 fully saturated rings. The summed E-state index contributed by atoms with van der Waals surface area (Å²) in [5.41, 5.74) is 0. The molecular weight excluding hydrogens is 562 g/mol. The average molecular weight is 638 g/mol. The van der Waals surface area contributed by atoms with E-state index in [-0.39, 0.29) is 0 Å². The zero-order valence-electron chi connectivity index (χ0n) is 29.6. The van der Waals surface area contributed by atoms with Crippen molar-refractivity contribution in [2.24, 2.45) is 0 Å². The van der Waals surface area contributed by atoms with E-state index >= 15 is 0 Å². The van der Waals surface area contributed by atoms with Crippen LogP contribution < -0.4 is 5.32 Å². The maximum Gasteiger partial charge on any atom is 0.249 e. The standard InChI is InChI=1S/C39H75NO5/c1-3-5-7-9-11-12-13-14-15-16-17-18-19-20-21-22-23-24-25-27-29-31-33-37(43)39(45)40-35(34-41)38(44)36(42)32-30-28-26-10-8-6-4-2/h10,20-21,26,35-38,41-44H,3-9,11-19,22-25,27-34H2,1-2H3,(H,40,45)/b21-20-,26-10+. The second-order valence-corrected chi connectivity index (χ2v) is 13.3. The van der Waals surface area contributed by atoms with E-state index in [9.17, 15) is 25.2 Å². The van der Waals surface area contributed by atoms with Crippen molar-refractivity contribution in [1.29, 1.82) is 0 Å². The number of nitrogens with one attached hydrogen (secondary N) is 1. The summed E-state index contributed by atoms with van der Waals surface area (Å²) in [7, 11) is 0. The smallest absolute Gasteiger partial charge is 0.249 e. The van der Waals surface area contributed by atoms with Crippen LogP contribution in [0.2, 0.25) is 0 Å². The van der Waals surface area contributed by atoms with Gasteiger partial charge in [0, 0.05) is 0 Å². The minimum absolute atomic E-state index is 0.356. The minimum atomic E-state index is -1.28. The number of unbranched alkanes of at least 4 members (excludes halogenated alkanes) is 21. The molecule has 0 aromatic rings. The van der Waals surface area contributed by atoms with Gasteiger partial charge in [-0.15, -0.1) is 0 Å². The van der Waals surface area contributed by atoms with E-state index in [2.05, 4.69) is 43.5 Å². The predicted molar refractivity (Wildman–Crippen MR) is 191 cm³/mol. The third kappa shape index (κ3) is 28.7. The van der Waals surface area contributed by atoms with Crippen LogP contribution >= 0.6 is 0 Å². The molecule has 5 N–H and O–H groups in total. The Kier molecular flexibility index (Phi) is 33.2. The molecule has 0 heterocycles. The predicted octanol–water partition coefficient (Wildman–Crippen LogP) is 9.23. The molecule has 6 heteroatoms. The molecule has 6 nitrogen and oxygen atoms in total. The van der Waals surface area contributed by atoms with Crippen LogP contribution in [0.4, 0.5) is 0 Å². The summed E-state index contributed by atoms with van der Waals surface area (Å²) in [5, 5.41) is 43.1. The summed E-state index contributed by atoms with van der Waals surface area (Å²) >= 11 is 0. The van der Waals surface area contributed by atoms with Crippen molar-refractivity contribution in [2.75, 3.05) is 6.61 Å². The van der Waals surface area contributed by atoms with Gasteiger partial charge >= 0.3 is 0 Å². The molecule has 266 valence electrons. The Morgan fingerprint density at radius 3 is 1.40 bits per heavy atom. The lowest BCUT2D eigenvalue weighted by atomic mass is 10.00. The molecule has 0 aliphatic rings. The van der Waals surface area contributed by atoms with Gasteiger partial charge in [-0.25, -0.2) is 0 Å². The first-order valence-electron chi connectivity index (χ1n) is 19.2. The van der Waals surface area contributed by atoms with Gasteiger partial charge in [0.15, 0.2) is 0 Å². The molecule has 45 heavy (non-hydrogen) atoms. The number of allylic oxidation sites excluding steroid dienone is 4. The number of carbonyl (C=O) groups excluding carboxylic acids is 1. The molecule has 0 aliphatic heterocycles. The van der Waals surface area contributed by atoms with E-state index < -0.39 is 36.9 Å². The zero-order chi connectivity index (χ0) is 33.2. The van der Waals surface area contributed by atoms with E-state index in [1.165, 1.54) is 109 Å². The Bertz CT molecular complexity index is 682. The van der Waals surface area contributed by atoms with Crippen LogP contribution in [0.15, 0.2) is 24.3 Å². The van der Waals surface area contributed by atoms with Gasteiger partial charge in [0.25, 0.3) is 0 Å². The number of aliphatic hydroxyl groups is 4. The van der Waals surface area contributed by atoms with Gasteiger partial charge in [-0.2, -0.15) is 0 Å². The van der Waals surface area contributed by atoms with E-state index in [0.717, 1.165) is 44.9 Å². The highest BCUT2D eigenvalue weighted by Gasteiger charge is 2.28. The highest BCUT2D eigenvalue weighted by atomic mass is 16.3. The van der Waals surface area contributed by atoms with Gasteiger partial charge in [-0.05, 0) is 57.8 Å². The maximum absolute atomic E-state index is 12.4. The molecule has 4 unspecified atom stereocenters. The van der Waals surface area contributed by atoms with E-state index in [0.29, 0.717) is 19.3 Å². The van der Waals surface area contributed by atoms with Crippen LogP contribution in [0.25, 0.3) is 0 Å². The second kappa shape index (κ2) is 34.1. The Morgan fingerprint density at radius 2 is 0.933 bits per heavy atom. The summed E-state index contributed by atoms with van der Waals surface area (Å²) < 4.78 is 0. The van der Waals surface area contributed by atoms with Crippen LogP contribution in [0.1, 0.15) is 187 Å². The molecule has 0 spiro atoms. The van der Waals surface area contributed by atoms with E-state index in [1.807, 2.05) is 0 Å². The first kappa shape index (κ1) is 43.8. The Labute approximate surface area is 278 Å². The van der Waals surface area contributed by atoms with Crippen molar-refractivity contribution >= 4 is 5.91 Å². The molecule has 0 saturated carbocycles. The number of rotatable bonds is 34. The third-order valence-corrected chi connectivity index (χ3v) is 8.88. The number of carbonyl (C=O) groups is 1. The van der Waals surface area contributed by atoms with Crippen LogP contribution in [0.3, 0.4) is 0 Å². The first-order valence-corrected chi connectivity index (χ1v) is 19.2. The average Bonchev–Trinajstić information content (AvgIpc) is 3.04. The lowest BCUT2D eigenvalue weighted by Crippen LogP contribution is -2.53. The fraction of sp³-hybridized carbons (Fsp3) is 0.872. The monoisotopic (exact) mass is 638 g/mol. The lowest BCUT2D eigenvalue weighted by molar-refractivity contribution is -0.132. The zero-order valence-corrected chi connectivity index (χ0v) is 29.6. The Morgan fingerprint density at radius 1 is 0.533 bits per heavy atom. The molecule has 4 atom stereocenters. The van der Waals surface area contributed by atoms with Gasteiger partial charge in [0.1, 0.15) is 12.2 Å². The fourth-order valence-corrected chi connectivity index (χ4v) is 5.74. The van der Waals surface area contributed by atoms with Gasteiger partial charge in [-0.3, -0.25) is 4.79 Å². The maximum atomic E-state index is 12.4. The summed E-state index contributed by atoms with van der Waals surface area (Å²) in [5.74, 6) is -0.602. The molecule has 0 radical (unpaired) electrons. The summed E-state index contributed by atoms with van der Waals surface area (Å²) in [6.07, 6.45) is 36.6. The second-order valence-electron chi connectivity index (χ2n) is 13.3. The van der Waals surface area contributed by atoms with Crippen molar-refractivity contribution in [3.8, 4) is 0 Å².